The number of hydrogen-bond acceptors (Lipinski definition) is 4. The molecule has 164 valence electrons. The van der Waals surface area contributed by atoms with Gasteiger partial charge < -0.3 is 20.0 Å². The number of carbonyl (C=O) groups excluding carboxylic acids is 1. The van der Waals surface area contributed by atoms with Gasteiger partial charge in [0.2, 0.25) is 0 Å². The highest BCUT2D eigenvalue weighted by Crippen LogP contribution is 2.26. The highest BCUT2D eigenvalue weighted by Gasteiger charge is 2.26. The first-order valence-electron chi connectivity index (χ1n) is 10.0. The van der Waals surface area contributed by atoms with Crippen molar-refractivity contribution in [3.8, 4) is 0 Å². The van der Waals surface area contributed by atoms with Crippen molar-refractivity contribution in [2.24, 2.45) is 12.0 Å². The number of halogens is 1. The molecule has 0 aliphatic carbocycles. The monoisotopic (exact) mass is 534 g/mol. The number of nitrogens with one attached hydrogen (secondary N) is 2. The summed E-state index contributed by atoms with van der Waals surface area (Å²) in [5, 5.41) is 10.6. The number of carbonyl (C=O) groups is 1. The van der Waals surface area contributed by atoms with E-state index in [0.717, 1.165) is 36.7 Å². The van der Waals surface area contributed by atoms with Crippen molar-refractivity contribution in [3.63, 3.8) is 0 Å². The van der Waals surface area contributed by atoms with Crippen LogP contribution in [0.2, 0.25) is 0 Å². The van der Waals surface area contributed by atoms with Gasteiger partial charge in [0.25, 0.3) is 5.91 Å². The van der Waals surface area contributed by atoms with Gasteiger partial charge >= 0.3 is 0 Å². The summed E-state index contributed by atoms with van der Waals surface area (Å²) in [6.07, 6.45) is 6.62. The van der Waals surface area contributed by atoms with Crippen molar-refractivity contribution < 1.29 is 9.21 Å². The molecule has 1 saturated heterocycles. The Bertz CT molecular complexity index is 1010. The molecule has 31 heavy (non-hydrogen) atoms. The average molecular weight is 534 g/mol. The number of anilines is 1. The van der Waals surface area contributed by atoms with Crippen LogP contribution in [-0.4, -0.2) is 46.7 Å². The van der Waals surface area contributed by atoms with E-state index in [2.05, 4.69) is 31.8 Å². The molecule has 1 amide bonds. The lowest BCUT2D eigenvalue weighted by Crippen LogP contribution is -2.39. The Hall–Kier alpha value is -2.82. The largest absolute Gasteiger partial charge is 0.459 e. The molecule has 9 heteroatoms. The van der Waals surface area contributed by atoms with Gasteiger partial charge in [-0.05, 0) is 41.8 Å². The minimum absolute atomic E-state index is 0. The lowest BCUT2D eigenvalue weighted by molar-refractivity contribution is 0.0996. The predicted octanol–water partition coefficient (Wildman–Crippen LogP) is 3.45. The van der Waals surface area contributed by atoms with Crippen molar-refractivity contribution in [2.45, 2.75) is 18.9 Å². The molecule has 1 aliphatic rings. The van der Waals surface area contributed by atoms with Crippen LogP contribution in [0.15, 0.2) is 64.5 Å². The summed E-state index contributed by atoms with van der Waals surface area (Å²) in [6, 6.07) is 11.1. The predicted molar refractivity (Wildman–Crippen MR) is 131 cm³/mol. The van der Waals surface area contributed by atoms with Gasteiger partial charge in [-0.3, -0.25) is 14.5 Å². The molecular weight excluding hydrogens is 507 g/mol. The minimum atomic E-state index is -0.261. The number of aromatic nitrogens is 2. The minimum Gasteiger partial charge on any atom is -0.459 e. The SMILES string of the molecule is CN=C(NCc1ccc(NC(=O)c2ccco2)cc1)N1CCC(c2cnn(C)c2)C1.I. The number of guanidine groups is 1. The molecule has 1 aliphatic heterocycles. The Kier molecular flexibility index (Phi) is 7.72. The number of furan rings is 1. The first-order valence-corrected chi connectivity index (χ1v) is 10.0. The molecule has 1 atom stereocenters. The normalized spacial score (nSPS) is 16.1. The molecule has 1 fully saturated rings. The van der Waals surface area contributed by atoms with E-state index in [4.69, 9.17) is 4.42 Å². The van der Waals surface area contributed by atoms with Crippen LogP contribution in [0.3, 0.4) is 0 Å². The molecule has 0 radical (unpaired) electrons. The maximum atomic E-state index is 12.0. The van der Waals surface area contributed by atoms with Crippen LogP contribution < -0.4 is 10.6 Å². The highest BCUT2D eigenvalue weighted by atomic mass is 127. The van der Waals surface area contributed by atoms with E-state index in [1.165, 1.54) is 11.8 Å². The Balaban J connectivity index is 0.00000272. The van der Waals surface area contributed by atoms with Crippen LogP contribution in [-0.2, 0) is 13.6 Å². The van der Waals surface area contributed by atoms with Gasteiger partial charge in [0.15, 0.2) is 11.7 Å². The van der Waals surface area contributed by atoms with Crippen molar-refractivity contribution in [1.82, 2.24) is 20.0 Å². The highest BCUT2D eigenvalue weighted by molar-refractivity contribution is 14.0. The number of rotatable bonds is 5. The van der Waals surface area contributed by atoms with Crippen molar-refractivity contribution in [1.29, 1.82) is 0 Å². The Morgan fingerprint density at radius 2 is 2.10 bits per heavy atom. The van der Waals surface area contributed by atoms with E-state index in [9.17, 15) is 4.79 Å². The van der Waals surface area contributed by atoms with E-state index in [1.807, 2.05) is 49.2 Å². The first kappa shape index (κ1) is 22.9. The molecule has 2 aromatic heterocycles. The standard InChI is InChI=1S/C22H26N6O2.HI/c1-23-22(28-10-9-17(15-28)18-13-25-27(2)14-18)24-12-16-5-7-19(8-6-16)26-21(29)20-4-3-11-30-20;/h3-8,11,13-14,17H,9-10,12,15H2,1-2H3,(H,23,24)(H,26,29);1H. The molecule has 3 heterocycles. The Morgan fingerprint density at radius 1 is 1.29 bits per heavy atom. The number of nitrogens with zero attached hydrogens (tertiary/aromatic N) is 4. The van der Waals surface area contributed by atoms with Crippen LogP contribution in [0, 0.1) is 0 Å². The van der Waals surface area contributed by atoms with Crippen molar-refractivity contribution >= 4 is 41.5 Å². The lowest BCUT2D eigenvalue weighted by Gasteiger charge is -2.21. The fourth-order valence-corrected chi connectivity index (χ4v) is 3.70. The summed E-state index contributed by atoms with van der Waals surface area (Å²) >= 11 is 0. The second-order valence-corrected chi connectivity index (χ2v) is 7.41. The molecule has 8 nitrogen and oxygen atoms in total. The number of hydrogen-bond donors (Lipinski definition) is 2. The number of likely N-dealkylation sites (tertiary alicyclic amines) is 1. The van der Waals surface area contributed by atoms with Gasteiger partial charge in [-0.25, -0.2) is 0 Å². The van der Waals surface area contributed by atoms with E-state index in [-0.39, 0.29) is 29.9 Å². The quantitative estimate of drug-likeness (QED) is 0.298. The maximum absolute atomic E-state index is 12.0. The Labute approximate surface area is 198 Å². The van der Waals surface area contributed by atoms with Gasteiger partial charge in [-0.1, -0.05) is 12.1 Å². The fourth-order valence-electron chi connectivity index (χ4n) is 3.70. The van der Waals surface area contributed by atoms with Gasteiger partial charge in [0.1, 0.15) is 0 Å². The first-order chi connectivity index (χ1) is 14.6. The molecule has 0 saturated carbocycles. The van der Waals surface area contributed by atoms with E-state index in [1.54, 1.807) is 12.1 Å². The van der Waals surface area contributed by atoms with Gasteiger partial charge in [-0.15, -0.1) is 24.0 Å². The second kappa shape index (κ2) is 10.5. The van der Waals surface area contributed by atoms with Crippen LogP contribution >= 0.6 is 24.0 Å². The van der Waals surface area contributed by atoms with Gasteiger partial charge in [0, 0.05) is 51.5 Å². The zero-order valence-corrected chi connectivity index (χ0v) is 19.9. The lowest BCUT2D eigenvalue weighted by atomic mass is 10.0. The third kappa shape index (κ3) is 5.66. The summed E-state index contributed by atoms with van der Waals surface area (Å²) in [5.41, 5.74) is 3.11. The smallest absolute Gasteiger partial charge is 0.291 e. The fraction of sp³-hybridized carbons (Fsp3) is 0.318. The molecule has 4 rings (SSSR count). The average Bonchev–Trinajstić information content (AvgIpc) is 3.51. The van der Waals surface area contributed by atoms with Crippen LogP contribution in [0.25, 0.3) is 0 Å². The third-order valence-corrected chi connectivity index (χ3v) is 5.30. The number of amides is 1. The molecule has 3 aromatic rings. The molecular formula is C22H27IN6O2. The van der Waals surface area contributed by atoms with Crippen molar-refractivity contribution in [2.75, 3.05) is 25.5 Å². The number of aryl methyl sites for hydroxylation is 1. The summed E-state index contributed by atoms with van der Waals surface area (Å²) in [7, 11) is 3.76. The molecule has 0 spiro atoms. The zero-order chi connectivity index (χ0) is 20.9. The van der Waals surface area contributed by atoms with Crippen molar-refractivity contribution in [3.05, 3.63) is 71.9 Å². The Morgan fingerprint density at radius 3 is 2.74 bits per heavy atom. The molecule has 0 bridgehead atoms. The maximum Gasteiger partial charge on any atom is 0.291 e. The topological polar surface area (TPSA) is 87.7 Å². The molecule has 1 unspecified atom stereocenters. The summed E-state index contributed by atoms with van der Waals surface area (Å²) < 4.78 is 6.96. The summed E-state index contributed by atoms with van der Waals surface area (Å²) in [4.78, 5) is 18.8. The molecule has 1 aromatic carbocycles. The molecule has 2 N–H and O–H groups in total. The summed E-state index contributed by atoms with van der Waals surface area (Å²) in [6.45, 7) is 2.56. The zero-order valence-electron chi connectivity index (χ0n) is 17.6. The van der Waals surface area contributed by atoms with Crippen LogP contribution in [0.1, 0.15) is 34.0 Å². The summed E-state index contributed by atoms with van der Waals surface area (Å²) in [5.74, 6) is 1.41. The number of benzene rings is 1. The number of aliphatic imine (C=N–C) groups is 1. The van der Waals surface area contributed by atoms with E-state index >= 15 is 0 Å². The van der Waals surface area contributed by atoms with Gasteiger partial charge in [-0.2, -0.15) is 5.10 Å². The van der Waals surface area contributed by atoms with E-state index < -0.39 is 0 Å². The van der Waals surface area contributed by atoms with Crippen LogP contribution in [0.4, 0.5) is 5.69 Å². The van der Waals surface area contributed by atoms with Gasteiger partial charge in [0.05, 0.1) is 12.5 Å². The van der Waals surface area contributed by atoms with E-state index in [0.29, 0.717) is 18.2 Å². The van der Waals surface area contributed by atoms with Crippen LogP contribution in [0.5, 0.6) is 0 Å². The second-order valence-electron chi connectivity index (χ2n) is 7.41. The third-order valence-electron chi connectivity index (χ3n) is 5.30.